The minimum Gasteiger partial charge on any atom is -0.309 e. The molecule has 1 aromatic carbocycles. The number of hydrogen-bond donors (Lipinski definition) is 0. The van der Waals surface area contributed by atoms with E-state index in [-0.39, 0.29) is 11.3 Å². The first-order valence-corrected chi connectivity index (χ1v) is 4.12. The van der Waals surface area contributed by atoms with E-state index in [0.29, 0.717) is 5.69 Å². The van der Waals surface area contributed by atoms with E-state index in [0.717, 1.165) is 11.0 Å². The summed E-state index contributed by atoms with van der Waals surface area (Å²) in [7, 11) is 1.40. The number of hydrogen-bond acceptors (Lipinski definition) is 2. The summed E-state index contributed by atoms with van der Waals surface area (Å²) < 4.78 is 12.7. The number of halogens is 2. The van der Waals surface area contributed by atoms with E-state index >= 15 is 0 Å². The third-order valence-corrected chi connectivity index (χ3v) is 2.01. The number of carbonyl (C=O) groups is 2. The number of carbonyl (C=O) groups excluding carboxylic acids is 2. The molecule has 0 heterocycles. The monoisotopic (exact) mass is 215 g/mol. The van der Waals surface area contributed by atoms with Crippen LogP contribution >= 0.6 is 11.6 Å². The van der Waals surface area contributed by atoms with E-state index in [4.69, 9.17) is 11.6 Å². The van der Waals surface area contributed by atoms with Gasteiger partial charge in [0.2, 0.25) is 6.29 Å². The summed E-state index contributed by atoms with van der Waals surface area (Å²) >= 11 is 5.50. The van der Waals surface area contributed by atoms with Crippen LogP contribution in [0.25, 0.3) is 0 Å². The molecule has 1 amide bonds. The third kappa shape index (κ3) is 2.09. The highest BCUT2D eigenvalue weighted by Gasteiger charge is 2.10. The molecule has 1 aromatic rings. The lowest BCUT2D eigenvalue weighted by atomic mass is 10.3. The van der Waals surface area contributed by atoms with Crippen LogP contribution in [-0.4, -0.2) is 19.2 Å². The SMILES string of the molecule is CN(C(=O)C=O)c1ccc(F)c(Cl)c1. The highest BCUT2D eigenvalue weighted by molar-refractivity contribution is 6.32. The van der Waals surface area contributed by atoms with Crippen LogP contribution in [0.1, 0.15) is 0 Å². The predicted molar refractivity (Wildman–Crippen MR) is 50.9 cm³/mol. The molecule has 0 unspecified atom stereocenters. The Balaban J connectivity index is 3.02. The molecule has 0 fully saturated rings. The lowest BCUT2D eigenvalue weighted by molar-refractivity contribution is -0.129. The van der Waals surface area contributed by atoms with Crippen LogP contribution in [0.4, 0.5) is 10.1 Å². The summed E-state index contributed by atoms with van der Waals surface area (Å²) in [6.07, 6.45) is 0.178. The number of rotatable bonds is 2. The van der Waals surface area contributed by atoms with Crippen molar-refractivity contribution in [2.24, 2.45) is 0 Å². The van der Waals surface area contributed by atoms with E-state index < -0.39 is 11.7 Å². The topological polar surface area (TPSA) is 37.4 Å². The lowest BCUT2D eigenvalue weighted by Crippen LogP contribution is -2.26. The van der Waals surface area contributed by atoms with Gasteiger partial charge in [-0.25, -0.2) is 4.39 Å². The van der Waals surface area contributed by atoms with Crippen LogP contribution < -0.4 is 4.90 Å². The van der Waals surface area contributed by atoms with Crippen LogP contribution in [0.5, 0.6) is 0 Å². The first kappa shape index (κ1) is 10.7. The Kier molecular flexibility index (Phi) is 3.19. The summed E-state index contributed by atoms with van der Waals surface area (Å²) in [5, 5.41) is -0.0898. The van der Waals surface area contributed by atoms with Gasteiger partial charge in [-0.3, -0.25) is 9.59 Å². The first-order valence-electron chi connectivity index (χ1n) is 3.74. The van der Waals surface area contributed by atoms with Gasteiger partial charge in [0, 0.05) is 12.7 Å². The van der Waals surface area contributed by atoms with Crippen molar-refractivity contribution in [3.05, 3.63) is 29.0 Å². The van der Waals surface area contributed by atoms with Gasteiger partial charge in [-0.2, -0.15) is 0 Å². The van der Waals surface area contributed by atoms with Crippen LogP contribution in [0.3, 0.4) is 0 Å². The van der Waals surface area contributed by atoms with Gasteiger partial charge in [-0.15, -0.1) is 0 Å². The molecule has 0 N–H and O–H groups in total. The molecule has 0 saturated heterocycles. The number of benzene rings is 1. The molecule has 1 rings (SSSR count). The van der Waals surface area contributed by atoms with Gasteiger partial charge < -0.3 is 4.90 Å². The molecule has 74 valence electrons. The minimum atomic E-state index is -0.715. The number of aldehydes is 1. The van der Waals surface area contributed by atoms with E-state index in [9.17, 15) is 14.0 Å². The molecular weight excluding hydrogens is 209 g/mol. The van der Waals surface area contributed by atoms with Gasteiger partial charge in [-0.1, -0.05) is 11.6 Å². The Labute approximate surface area is 85.1 Å². The quantitative estimate of drug-likeness (QED) is 0.556. The maximum Gasteiger partial charge on any atom is 0.290 e. The van der Waals surface area contributed by atoms with Crippen LogP contribution in [0.15, 0.2) is 18.2 Å². The van der Waals surface area contributed by atoms with E-state index in [1.54, 1.807) is 0 Å². The fourth-order valence-corrected chi connectivity index (χ4v) is 1.07. The average molecular weight is 216 g/mol. The maximum atomic E-state index is 12.7. The fraction of sp³-hybridized carbons (Fsp3) is 0.111. The highest BCUT2D eigenvalue weighted by Crippen LogP contribution is 2.21. The summed E-state index contributed by atoms with van der Waals surface area (Å²) in [6.45, 7) is 0. The Hall–Kier alpha value is -1.42. The zero-order valence-electron chi connectivity index (χ0n) is 7.33. The van der Waals surface area contributed by atoms with E-state index in [2.05, 4.69) is 0 Å². The van der Waals surface area contributed by atoms with E-state index in [1.165, 1.54) is 19.2 Å². The Morgan fingerprint density at radius 3 is 2.71 bits per heavy atom. The van der Waals surface area contributed by atoms with Crippen molar-refractivity contribution >= 4 is 29.5 Å². The standard InChI is InChI=1S/C9H7ClFNO2/c1-12(9(14)5-13)6-2-3-8(11)7(10)4-6/h2-5H,1H3. The van der Waals surface area contributed by atoms with Crippen molar-refractivity contribution in [1.29, 1.82) is 0 Å². The predicted octanol–water partition coefficient (Wildman–Crippen LogP) is 1.64. The largest absolute Gasteiger partial charge is 0.309 e. The second kappa shape index (κ2) is 4.19. The molecule has 3 nitrogen and oxygen atoms in total. The van der Waals surface area contributed by atoms with Gasteiger partial charge in [0.25, 0.3) is 5.91 Å². The van der Waals surface area contributed by atoms with Crippen molar-refractivity contribution in [3.63, 3.8) is 0 Å². The van der Waals surface area contributed by atoms with E-state index in [1.807, 2.05) is 0 Å². The number of amides is 1. The Bertz CT molecular complexity index is 381. The lowest BCUT2D eigenvalue weighted by Gasteiger charge is -2.13. The number of anilines is 1. The maximum absolute atomic E-state index is 12.7. The molecule has 0 spiro atoms. The van der Waals surface area contributed by atoms with Gasteiger partial charge in [-0.05, 0) is 18.2 Å². The molecule has 0 saturated carbocycles. The van der Waals surface area contributed by atoms with Gasteiger partial charge in [0.05, 0.1) is 5.02 Å². The van der Waals surface area contributed by atoms with Crippen LogP contribution in [-0.2, 0) is 9.59 Å². The molecule has 0 bridgehead atoms. The molecule has 5 heteroatoms. The highest BCUT2D eigenvalue weighted by atomic mass is 35.5. The van der Waals surface area contributed by atoms with Gasteiger partial charge in [0.15, 0.2) is 0 Å². The molecule has 0 aliphatic rings. The Morgan fingerprint density at radius 2 is 2.21 bits per heavy atom. The third-order valence-electron chi connectivity index (χ3n) is 1.72. The zero-order valence-corrected chi connectivity index (χ0v) is 8.08. The van der Waals surface area contributed by atoms with Crippen molar-refractivity contribution in [1.82, 2.24) is 0 Å². The van der Waals surface area contributed by atoms with Crippen molar-refractivity contribution in [2.75, 3.05) is 11.9 Å². The minimum absolute atomic E-state index is 0.0898. The Morgan fingerprint density at radius 1 is 1.57 bits per heavy atom. The second-order valence-electron chi connectivity index (χ2n) is 2.61. The molecular formula is C9H7ClFNO2. The number of nitrogens with zero attached hydrogens (tertiary/aromatic N) is 1. The average Bonchev–Trinajstić information content (AvgIpc) is 2.20. The van der Waals surface area contributed by atoms with Gasteiger partial charge in [0.1, 0.15) is 5.82 Å². The zero-order chi connectivity index (χ0) is 10.7. The van der Waals surface area contributed by atoms with Gasteiger partial charge >= 0.3 is 0 Å². The summed E-state index contributed by atoms with van der Waals surface area (Å²) in [5.41, 5.74) is 0.369. The normalized spacial score (nSPS) is 9.64. The molecule has 14 heavy (non-hydrogen) atoms. The second-order valence-corrected chi connectivity index (χ2v) is 3.02. The van der Waals surface area contributed by atoms with Crippen molar-refractivity contribution in [2.45, 2.75) is 0 Å². The van der Waals surface area contributed by atoms with Crippen LogP contribution in [0.2, 0.25) is 5.02 Å². The molecule has 0 aliphatic heterocycles. The van der Waals surface area contributed by atoms with Crippen molar-refractivity contribution < 1.29 is 14.0 Å². The summed E-state index contributed by atoms with van der Waals surface area (Å²) in [4.78, 5) is 22.2. The molecule has 0 atom stereocenters. The summed E-state index contributed by atoms with van der Waals surface area (Å²) in [6, 6.07) is 3.77. The van der Waals surface area contributed by atoms with Crippen LogP contribution in [0, 0.1) is 5.82 Å². The molecule has 0 radical (unpaired) electrons. The fourth-order valence-electron chi connectivity index (χ4n) is 0.900. The smallest absolute Gasteiger partial charge is 0.290 e. The molecule has 0 aliphatic carbocycles. The molecule has 0 aromatic heterocycles. The number of likely N-dealkylation sites (N-methyl/N-ethyl adjacent to an activating group) is 1. The summed E-state index contributed by atoms with van der Waals surface area (Å²) in [5.74, 6) is -1.28. The van der Waals surface area contributed by atoms with Crippen molar-refractivity contribution in [3.8, 4) is 0 Å². The first-order chi connectivity index (χ1) is 6.56.